The molecular formula is C8H16ClNO2. The molecule has 0 radical (unpaired) electrons. The number of halogens is 1. The van der Waals surface area contributed by atoms with Gasteiger partial charge in [-0.3, -0.25) is 4.79 Å². The molecule has 3 nitrogen and oxygen atoms in total. The van der Waals surface area contributed by atoms with Crippen molar-refractivity contribution < 1.29 is 9.53 Å². The van der Waals surface area contributed by atoms with Gasteiger partial charge in [0.05, 0.1) is 12.7 Å². The van der Waals surface area contributed by atoms with Crippen LogP contribution in [0.15, 0.2) is 0 Å². The molecule has 0 heterocycles. The Bertz CT molecular complexity index is 139. The largest absolute Gasteiger partial charge is 0.377 e. The number of ether oxygens (including phenoxy) is 1. The molecule has 0 bridgehead atoms. The number of amides is 1. The van der Waals surface area contributed by atoms with Crippen molar-refractivity contribution in [3.05, 3.63) is 0 Å². The van der Waals surface area contributed by atoms with E-state index < -0.39 is 0 Å². The molecule has 0 atom stereocenters. The lowest BCUT2D eigenvalue weighted by Gasteiger charge is -2.16. The van der Waals surface area contributed by atoms with E-state index >= 15 is 0 Å². The summed E-state index contributed by atoms with van der Waals surface area (Å²) in [5.74, 6) is -0.0259. The second kappa shape index (κ2) is 6.26. The molecule has 0 aliphatic heterocycles. The third-order valence-electron chi connectivity index (χ3n) is 1.42. The third kappa shape index (κ3) is 5.38. The number of hydrogen-bond acceptors (Lipinski definition) is 2. The van der Waals surface area contributed by atoms with Crippen molar-refractivity contribution in [1.82, 2.24) is 4.90 Å². The molecule has 72 valence electrons. The highest BCUT2D eigenvalue weighted by atomic mass is 35.5. The zero-order chi connectivity index (χ0) is 9.56. The van der Waals surface area contributed by atoms with E-state index in [1.54, 1.807) is 11.9 Å². The van der Waals surface area contributed by atoms with E-state index in [0.717, 1.165) is 0 Å². The number of hydrogen-bond donors (Lipinski definition) is 0. The maximum Gasteiger partial charge on any atom is 0.237 e. The number of rotatable bonds is 5. The van der Waals surface area contributed by atoms with Crippen LogP contribution >= 0.6 is 11.6 Å². The maximum atomic E-state index is 10.9. The zero-order valence-electron chi connectivity index (χ0n) is 7.84. The van der Waals surface area contributed by atoms with E-state index in [-0.39, 0.29) is 17.9 Å². The minimum atomic E-state index is -0.0657. The van der Waals surface area contributed by atoms with E-state index in [4.69, 9.17) is 16.3 Å². The zero-order valence-corrected chi connectivity index (χ0v) is 8.60. The van der Waals surface area contributed by atoms with Gasteiger partial charge >= 0.3 is 0 Å². The third-order valence-corrected chi connectivity index (χ3v) is 1.65. The van der Waals surface area contributed by atoms with Crippen LogP contribution in [0.5, 0.6) is 0 Å². The first kappa shape index (κ1) is 11.7. The van der Waals surface area contributed by atoms with Gasteiger partial charge in [-0.1, -0.05) is 0 Å². The molecule has 0 unspecified atom stereocenters. The summed E-state index contributed by atoms with van der Waals surface area (Å²) in [7, 11) is 1.72. The predicted octanol–water partition coefficient (Wildman–Crippen LogP) is 1.11. The fourth-order valence-electron chi connectivity index (χ4n) is 0.652. The molecule has 12 heavy (non-hydrogen) atoms. The molecule has 0 fully saturated rings. The molecule has 0 saturated carbocycles. The SMILES string of the molecule is CC(C)OCCN(C)C(=O)CCl. The van der Waals surface area contributed by atoms with Gasteiger partial charge in [0.15, 0.2) is 0 Å². The second-order valence-electron chi connectivity index (χ2n) is 2.87. The molecule has 0 aromatic carbocycles. The predicted molar refractivity (Wildman–Crippen MR) is 49.4 cm³/mol. The van der Waals surface area contributed by atoms with Crippen LogP contribution < -0.4 is 0 Å². The first-order chi connectivity index (χ1) is 5.57. The molecule has 0 aromatic heterocycles. The van der Waals surface area contributed by atoms with Crippen LogP contribution in [-0.2, 0) is 9.53 Å². The Morgan fingerprint density at radius 3 is 2.58 bits per heavy atom. The van der Waals surface area contributed by atoms with E-state index in [9.17, 15) is 4.79 Å². The number of carbonyl (C=O) groups excluding carboxylic acids is 1. The van der Waals surface area contributed by atoms with Crippen LogP contribution in [0.25, 0.3) is 0 Å². The summed E-state index contributed by atoms with van der Waals surface area (Å²) in [5.41, 5.74) is 0. The van der Waals surface area contributed by atoms with Gasteiger partial charge in [-0.15, -0.1) is 11.6 Å². The number of nitrogens with zero attached hydrogens (tertiary/aromatic N) is 1. The Labute approximate surface area is 78.6 Å². The van der Waals surface area contributed by atoms with Gasteiger partial charge in [-0.25, -0.2) is 0 Å². The molecule has 0 saturated heterocycles. The summed E-state index contributed by atoms with van der Waals surface area (Å²) in [6.45, 7) is 5.09. The van der Waals surface area contributed by atoms with Gasteiger partial charge in [-0.05, 0) is 13.8 Å². The van der Waals surface area contributed by atoms with Crippen LogP contribution in [0.2, 0.25) is 0 Å². The molecule has 0 aliphatic rings. The van der Waals surface area contributed by atoms with Crippen LogP contribution in [0.3, 0.4) is 0 Å². The molecule has 0 spiro atoms. The summed E-state index contributed by atoms with van der Waals surface area (Å²) >= 11 is 5.36. The van der Waals surface area contributed by atoms with Crippen molar-refractivity contribution in [3.63, 3.8) is 0 Å². The van der Waals surface area contributed by atoms with Crippen molar-refractivity contribution >= 4 is 17.5 Å². The average Bonchev–Trinajstić information content (AvgIpc) is 2.02. The van der Waals surface area contributed by atoms with Crippen molar-refractivity contribution in [2.75, 3.05) is 26.1 Å². The Morgan fingerprint density at radius 1 is 1.58 bits per heavy atom. The molecule has 0 aliphatic carbocycles. The second-order valence-corrected chi connectivity index (χ2v) is 3.14. The highest BCUT2D eigenvalue weighted by molar-refractivity contribution is 6.27. The fraction of sp³-hybridized carbons (Fsp3) is 0.875. The fourth-order valence-corrected chi connectivity index (χ4v) is 0.856. The quantitative estimate of drug-likeness (QED) is 0.613. The molecule has 0 rings (SSSR count). The first-order valence-corrected chi connectivity index (χ1v) is 4.53. The topological polar surface area (TPSA) is 29.5 Å². The van der Waals surface area contributed by atoms with Gasteiger partial charge in [0.1, 0.15) is 5.88 Å². The van der Waals surface area contributed by atoms with Crippen molar-refractivity contribution in [1.29, 1.82) is 0 Å². The molecule has 4 heteroatoms. The minimum Gasteiger partial charge on any atom is -0.377 e. The van der Waals surface area contributed by atoms with Crippen molar-refractivity contribution in [2.45, 2.75) is 20.0 Å². The number of likely N-dealkylation sites (N-methyl/N-ethyl adjacent to an activating group) is 1. The van der Waals surface area contributed by atoms with Gasteiger partial charge in [-0.2, -0.15) is 0 Å². The van der Waals surface area contributed by atoms with Crippen LogP contribution in [0.4, 0.5) is 0 Å². The molecule has 0 N–H and O–H groups in total. The maximum absolute atomic E-state index is 10.9. The Morgan fingerprint density at radius 2 is 2.17 bits per heavy atom. The number of alkyl halides is 1. The highest BCUT2D eigenvalue weighted by Gasteiger charge is 2.05. The summed E-state index contributed by atoms with van der Waals surface area (Å²) in [4.78, 5) is 12.5. The lowest BCUT2D eigenvalue weighted by atomic mass is 10.5. The number of carbonyl (C=O) groups is 1. The lowest BCUT2D eigenvalue weighted by molar-refractivity contribution is -0.128. The van der Waals surface area contributed by atoms with E-state index in [0.29, 0.717) is 13.2 Å². The summed E-state index contributed by atoms with van der Waals surface area (Å²) in [6, 6.07) is 0. The molecule has 0 aromatic rings. The monoisotopic (exact) mass is 193 g/mol. The van der Waals surface area contributed by atoms with Crippen LogP contribution in [0, 0.1) is 0 Å². The standard InChI is InChI=1S/C8H16ClNO2/c1-7(2)12-5-4-10(3)8(11)6-9/h7H,4-6H2,1-3H3. The molecular weight excluding hydrogens is 178 g/mol. The van der Waals surface area contributed by atoms with E-state index in [2.05, 4.69) is 0 Å². The van der Waals surface area contributed by atoms with E-state index in [1.807, 2.05) is 13.8 Å². The van der Waals surface area contributed by atoms with Gasteiger partial charge in [0.25, 0.3) is 0 Å². The summed E-state index contributed by atoms with van der Waals surface area (Å²) in [6.07, 6.45) is 0.213. The summed E-state index contributed by atoms with van der Waals surface area (Å²) in [5, 5.41) is 0. The Balaban J connectivity index is 3.43. The Kier molecular flexibility index (Phi) is 6.11. The van der Waals surface area contributed by atoms with Crippen molar-refractivity contribution in [3.8, 4) is 0 Å². The first-order valence-electron chi connectivity index (χ1n) is 3.99. The Hall–Kier alpha value is -0.280. The van der Waals surface area contributed by atoms with Gasteiger partial charge in [0.2, 0.25) is 5.91 Å². The summed E-state index contributed by atoms with van der Waals surface area (Å²) < 4.78 is 5.27. The minimum absolute atomic E-state index is 0.0399. The van der Waals surface area contributed by atoms with Gasteiger partial charge in [0, 0.05) is 13.6 Å². The van der Waals surface area contributed by atoms with Crippen LogP contribution in [0.1, 0.15) is 13.8 Å². The van der Waals surface area contributed by atoms with Crippen molar-refractivity contribution in [2.24, 2.45) is 0 Å². The lowest BCUT2D eigenvalue weighted by Crippen LogP contribution is -2.31. The van der Waals surface area contributed by atoms with Crippen LogP contribution in [-0.4, -0.2) is 43.0 Å². The highest BCUT2D eigenvalue weighted by Crippen LogP contribution is 1.91. The normalized spacial score (nSPS) is 10.4. The average molecular weight is 194 g/mol. The van der Waals surface area contributed by atoms with E-state index in [1.165, 1.54) is 0 Å². The molecule has 1 amide bonds. The smallest absolute Gasteiger partial charge is 0.237 e. The van der Waals surface area contributed by atoms with Gasteiger partial charge < -0.3 is 9.64 Å².